The van der Waals surface area contributed by atoms with Gasteiger partial charge in [-0.25, -0.2) is 0 Å². The van der Waals surface area contributed by atoms with E-state index in [2.05, 4.69) is 27.1 Å². The molecule has 2 rings (SSSR count). The normalized spacial score (nSPS) is 25.3. The summed E-state index contributed by atoms with van der Waals surface area (Å²) in [7, 11) is 0. The van der Waals surface area contributed by atoms with Gasteiger partial charge in [-0.15, -0.1) is 0 Å². The molecule has 0 spiro atoms. The van der Waals surface area contributed by atoms with Gasteiger partial charge in [-0.05, 0) is 11.1 Å². The Kier molecular flexibility index (Phi) is 3.41. The van der Waals surface area contributed by atoms with Crippen LogP contribution in [0.4, 0.5) is 0 Å². The van der Waals surface area contributed by atoms with Gasteiger partial charge in [-0.2, -0.15) is 0 Å². The monoisotopic (exact) mass is 217 g/mol. The summed E-state index contributed by atoms with van der Waals surface area (Å²) < 4.78 is 0. The molecule has 16 heavy (non-hydrogen) atoms. The molecular weight excluding hydrogens is 202 g/mol. The Morgan fingerprint density at radius 3 is 2.81 bits per heavy atom. The zero-order valence-electron chi connectivity index (χ0n) is 9.03. The van der Waals surface area contributed by atoms with Crippen LogP contribution < -0.4 is 5.73 Å². The number of rotatable bonds is 3. The fraction of sp³-hybridized carbons (Fsp3) is 0.455. The maximum absolute atomic E-state index is 8.40. The van der Waals surface area contributed by atoms with Crippen LogP contribution in [0, 0.1) is 0 Å². The van der Waals surface area contributed by atoms with Crippen LogP contribution in [-0.2, 0) is 6.54 Å². The first-order chi connectivity index (χ1) is 7.79. The van der Waals surface area contributed by atoms with E-state index < -0.39 is 0 Å². The van der Waals surface area contributed by atoms with E-state index in [9.17, 15) is 0 Å². The second kappa shape index (κ2) is 4.99. The number of nitrogens with zero attached hydrogens (tertiary/aromatic N) is 4. The largest absolute Gasteiger partial charge is 0.326 e. The summed E-state index contributed by atoms with van der Waals surface area (Å²) in [4.78, 5) is 5.05. The highest BCUT2D eigenvalue weighted by molar-refractivity contribution is 5.15. The fourth-order valence-electron chi connectivity index (χ4n) is 2.05. The molecular formula is C11H15N5. The zero-order chi connectivity index (χ0) is 11.4. The minimum absolute atomic E-state index is 0.0420. The van der Waals surface area contributed by atoms with Crippen molar-refractivity contribution < 1.29 is 0 Å². The van der Waals surface area contributed by atoms with Gasteiger partial charge in [0.15, 0.2) is 0 Å². The molecule has 0 saturated carbocycles. The molecule has 0 aliphatic carbocycles. The second-order valence-corrected chi connectivity index (χ2v) is 4.12. The van der Waals surface area contributed by atoms with Crippen molar-refractivity contribution in [3.8, 4) is 0 Å². The molecule has 0 amide bonds. The molecule has 2 atom stereocenters. The Bertz CT molecular complexity index is 385. The van der Waals surface area contributed by atoms with Crippen molar-refractivity contribution in [1.29, 1.82) is 0 Å². The first kappa shape index (κ1) is 11.0. The Morgan fingerprint density at radius 1 is 1.38 bits per heavy atom. The highest BCUT2D eigenvalue weighted by Gasteiger charge is 2.28. The van der Waals surface area contributed by atoms with Gasteiger partial charge in [0.05, 0.1) is 6.04 Å². The highest BCUT2D eigenvalue weighted by atomic mass is 15.3. The van der Waals surface area contributed by atoms with Crippen molar-refractivity contribution >= 4 is 0 Å². The number of benzene rings is 1. The van der Waals surface area contributed by atoms with Crippen LogP contribution in [-0.4, -0.2) is 30.1 Å². The number of likely N-dealkylation sites (tertiary alicyclic amines) is 1. The summed E-state index contributed by atoms with van der Waals surface area (Å²) in [5, 5.41) is 3.71. The molecule has 0 bridgehead atoms. The number of hydrogen-bond acceptors (Lipinski definition) is 3. The smallest absolute Gasteiger partial charge is 0.0664 e. The van der Waals surface area contributed by atoms with Crippen LogP contribution in [0.2, 0.25) is 0 Å². The molecule has 5 heteroatoms. The first-order valence-electron chi connectivity index (χ1n) is 5.35. The molecule has 5 nitrogen and oxygen atoms in total. The van der Waals surface area contributed by atoms with E-state index in [1.807, 2.05) is 18.2 Å². The average Bonchev–Trinajstić information content (AvgIpc) is 2.61. The topological polar surface area (TPSA) is 78.0 Å². The van der Waals surface area contributed by atoms with Gasteiger partial charge in [-0.1, -0.05) is 35.4 Å². The van der Waals surface area contributed by atoms with Crippen molar-refractivity contribution in [2.45, 2.75) is 18.6 Å². The highest BCUT2D eigenvalue weighted by Crippen LogP contribution is 2.15. The Labute approximate surface area is 94.5 Å². The maximum atomic E-state index is 8.40. The quantitative estimate of drug-likeness (QED) is 0.473. The molecule has 84 valence electrons. The number of hydrogen-bond donors (Lipinski definition) is 1. The average molecular weight is 217 g/mol. The van der Waals surface area contributed by atoms with Crippen LogP contribution in [0.3, 0.4) is 0 Å². The van der Waals surface area contributed by atoms with E-state index in [0.29, 0.717) is 0 Å². The van der Waals surface area contributed by atoms with Gasteiger partial charge in [0.2, 0.25) is 0 Å². The van der Waals surface area contributed by atoms with Crippen LogP contribution >= 0.6 is 0 Å². The summed E-state index contributed by atoms with van der Waals surface area (Å²) in [5.41, 5.74) is 15.6. The van der Waals surface area contributed by atoms with Gasteiger partial charge in [0, 0.05) is 30.6 Å². The SMILES string of the molecule is [N-]=[N+]=NC1CN(Cc2ccccc2)CC1N. The van der Waals surface area contributed by atoms with Gasteiger partial charge < -0.3 is 5.73 Å². The minimum atomic E-state index is -0.0892. The van der Waals surface area contributed by atoms with E-state index >= 15 is 0 Å². The van der Waals surface area contributed by atoms with Crippen LogP contribution in [0.15, 0.2) is 35.4 Å². The summed E-state index contributed by atoms with van der Waals surface area (Å²) >= 11 is 0. The molecule has 1 aromatic rings. The summed E-state index contributed by atoms with van der Waals surface area (Å²) in [6.45, 7) is 2.41. The second-order valence-electron chi connectivity index (χ2n) is 4.12. The lowest BCUT2D eigenvalue weighted by atomic mass is 10.2. The summed E-state index contributed by atoms with van der Waals surface area (Å²) in [6, 6.07) is 10.1. The molecule has 1 heterocycles. The van der Waals surface area contributed by atoms with Crippen LogP contribution in [0.1, 0.15) is 5.56 Å². The lowest BCUT2D eigenvalue weighted by Gasteiger charge is -2.14. The lowest BCUT2D eigenvalue weighted by Crippen LogP contribution is -2.31. The van der Waals surface area contributed by atoms with Crippen molar-refractivity contribution in [3.05, 3.63) is 46.3 Å². The molecule has 2 unspecified atom stereocenters. The van der Waals surface area contributed by atoms with E-state index in [0.717, 1.165) is 19.6 Å². The van der Waals surface area contributed by atoms with Crippen LogP contribution in [0.5, 0.6) is 0 Å². The van der Waals surface area contributed by atoms with Crippen LogP contribution in [0.25, 0.3) is 10.4 Å². The van der Waals surface area contributed by atoms with Crippen molar-refractivity contribution in [2.24, 2.45) is 10.8 Å². The molecule has 1 aliphatic heterocycles. The third kappa shape index (κ3) is 2.52. The van der Waals surface area contributed by atoms with E-state index in [-0.39, 0.29) is 12.1 Å². The van der Waals surface area contributed by atoms with Crippen molar-refractivity contribution in [2.75, 3.05) is 13.1 Å². The maximum Gasteiger partial charge on any atom is 0.0664 e. The molecule has 1 saturated heterocycles. The molecule has 0 radical (unpaired) electrons. The molecule has 1 aromatic carbocycles. The minimum Gasteiger partial charge on any atom is -0.326 e. The zero-order valence-corrected chi connectivity index (χ0v) is 9.03. The third-order valence-electron chi connectivity index (χ3n) is 2.86. The van der Waals surface area contributed by atoms with E-state index in [1.54, 1.807) is 0 Å². The number of nitrogens with two attached hydrogens (primary N) is 1. The molecule has 1 fully saturated rings. The Hall–Kier alpha value is -1.55. The predicted octanol–water partition coefficient (Wildman–Crippen LogP) is 1.51. The van der Waals surface area contributed by atoms with E-state index in [4.69, 9.17) is 11.3 Å². The Balaban J connectivity index is 1.96. The summed E-state index contributed by atoms with van der Waals surface area (Å²) in [6.07, 6.45) is 0. The lowest BCUT2D eigenvalue weighted by molar-refractivity contribution is 0.324. The molecule has 2 N–H and O–H groups in total. The van der Waals surface area contributed by atoms with Crippen molar-refractivity contribution in [3.63, 3.8) is 0 Å². The standard InChI is InChI=1S/C11H15N5/c12-10-7-16(8-11(10)14-15-13)6-9-4-2-1-3-5-9/h1-5,10-11H,6-8,12H2. The van der Waals surface area contributed by atoms with Gasteiger partial charge >= 0.3 is 0 Å². The Morgan fingerprint density at radius 2 is 2.12 bits per heavy atom. The predicted molar refractivity (Wildman–Crippen MR) is 62.6 cm³/mol. The first-order valence-corrected chi connectivity index (χ1v) is 5.35. The summed E-state index contributed by atoms with van der Waals surface area (Å²) in [5.74, 6) is 0. The third-order valence-corrected chi connectivity index (χ3v) is 2.86. The molecule has 0 aromatic heterocycles. The van der Waals surface area contributed by atoms with E-state index in [1.165, 1.54) is 5.56 Å². The van der Waals surface area contributed by atoms with Crippen molar-refractivity contribution in [1.82, 2.24) is 4.90 Å². The van der Waals surface area contributed by atoms with Gasteiger partial charge in [0.25, 0.3) is 0 Å². The fourth-order valence-corrected chi connectivity index (χ4v) is 2.05. The molecule has 1 aliphatic rings. The number of azide groups is 1. The van der Waals surface area contributed by atoms with Gasteiger partial charge in [0.1, 0.15) is 0 Å². The van der Waals surface area contributed by atoms with Gasteiger partial charge in [-0.3, -0.25) is 4.90 Å².